The first-order valence-corrected chi connectivity index (χ1v) is 5.50. The predicted octanol–water partition coefficient (Wildman–Crippen LogP) is 2.53. The molecule has 0 unspecified atom stereocenters. The third kappa shape index (κ3) is 1.95. The smallest absolute Gasteiger partial charge is 0.156 e. The lowest BCUT2D eigenvalue weighted by molar-refractivity contribution is 0.778. The Bertz CT molecular complexity index is 479. The lowest BCUT2D eigenvalue weighted by Gasteiger charge is -2.00. The molecule has 0 bridgehead atoms. The maximum absolute atomic E-state index is 6.04. The number of halogens is 2. The molecule has 0 aliphatic carbocycles. The summed E-state index contributed by atoms with van der Waals surface area (Å²) in [6.45, 7) is 0.646. The van der Waals surface area contributed by atoms with Gasteiger partial charge < -0.3 is 10.1 Å². The van der Waals surface area contributed by atoms with Crippen LogP contribution in [0, 0.1) is 0 Å². The van der Waals surface area contributed by atoms with Gasteiger partial charge in [0.05, 0.1) is 5.02 Å². The molecule has 0 fully saturated rings. The predicted molar refractivity (Wildman–Crippen MR) is 62.6 cm³/mol. The molecule has 2 aromatic rings. The summed E-state index contributed by atoms with van der Waals surface area (Å²) in [5.41, 5.74) is 6.23. The van der Waals surface area contributed by atoms with Crippen LogP contribution < -0.4 is 5.73 Å². The molecule has 0 aromatic carbocycles. The zero-order valence-corrected chi connectivity index (χ0v) is 9.59. The minimum atomic E-state index is 0.452. The largest absolute Gasteiger partial charge is 0.330 e. The molecule has 0 aliphatic heterocycles. The van der Waals surface area contributed by atoms with Gasteiger partial charge in [-0.3, -0.25) is 0 Å². The van der Waals surface area contributed by atoms with Crippen molar-refractivity contribution in [3.8, 4) is 0 Å². The van der Waals surface area contributed by atoms with E-state index in [-0.39, 0.29) is 0 Å². The van der Waals surface area contributed by atoms with Crippen molar-refractivity contribution >= 4 is 28.7 Å². The average molecular weight is 244 g/mol. The summed E-state index contributed by atoms with van der Waals surface area (Å²) in [6, 6.07) is 3.68. The van der Waals surface area contributed by atoms with Crippen LogP contribution in [0.3, 0.4) is 0 Å². The van der Waals surface area contributed by atoms with Crippen molar-refractivity contribution in [2.24, 2.45) is 5.73 Å². The highest BCUT2D eigenvalue weighted by molar-refractivity contribution is 6.39. The second-order valence-electron chi connectivity index (χ2n) is 3.29. The first-order valence-electron chi connectivity index (χ1n) is 4.75. The fraction of sp³-hybridized carbons (Fsp3) is 0.300. The van der Waals surface area contributed by atoms with E-state index >= 15 is 0 Å². The van der Waals surface area contributed by atoms with Crippen LogP contribution in [0.25, 0.3) is 5.52 Å². The Morgan fingerprint density at radius 3 is 2.93 bits per heavy atom. The van der Waals surface area contributed by atoms with Crippen molar-refractivity contribution in [2.45, 2.75) is 12.8 Å². The second kappa shape index (κ2) is 4.39. The highest BCUT2D eigenvalue weighted by Crippen LogP contribution is 2.25. The molecule has 3 nitrogen and oxygen atoms in total. The summed E-state index contributed by atoms with van der Waals surface area (Å²) >= 11 is 12.1. The maximum Gasteiger partial charge on any atom is 0.156 e. The molecule has 0 radical (unpaired) electrons. The first kappa shape index (κ1) is 10.7. The number of imidazole rings is 1. The van der Waals surface area contributed by atoms with Gasteiger partial charge in [0.15, 0.2) is 5.15 Å². The van der Waals surface area contributed by atoms with Crippen molar-refractivity contribution in [3.63, 3.8) is 0 Å². The Morgan fingerprint density at radius 2 is 2.20 bits per heavy atom. The van der Waals surface area contributed by atoms with Crippen molar-refractivity contribution in [1.29, 1.82) is 0 Å². The number of fused-ring (bicyclic) bond motifs is 1. The van der Waals surface area contributed by atoms with Crippen LogP contribution >= 0.6 is 23.2 Å². The Morgan fingerprint density at radius 1 is 1.40 bits per heavy atom. The molecule has 80 valence electrons. The van der Waals surface area contributed by atoms with Crippen molar-refractivity contribution in [3.05, 3.63) is 34.3 Å². The summed E-state index contributed by atoms with van der Waals surface area (Å²) < 4.78 is 1.92. The molecule has 0 saturated heterocycles. The van der Waals surface area contributed by atoms with Gasteiger partial charge in [-0.05, 0) is 25.1 Å². The number of aryl methyl sites for hydroxylation is 1. The zero-order valence-electron chi connectivity index (χ0n) is 8.08. The molecule has 2 rings (SSSR count). The van der Waals surface area contributed by atoms with E-state index < -0.39 is 0 Å². The quantitative estimate of drug-likeness (QED) is 0.901. The molecule has 0 aliphatic rings. The molecule has 0 saturated carbocycles. The molecule has 5 heteroatoms. The number of hydrogen-bond acceptors (Lipinski definition) is 2. The van der Waals surface area contributed by atoms with Crippen LogP contribution in [-0.2, 0) is 6.42 Å². The molecule has 15 heavy (non-hydrogen) atoms. The number of rotatable bonds is 3. The SMILES string of the molecule is NCCCc1nc(Cl)c2c(Cl)cccn12. The molecule has 2 N–H and O–H groups in total. The minimum Gasteiger partial charge on any atom is -0.330 e. The summed E-state index contributed by atoms with van der Waals surface area (Å²) in [7, 11) is 0. The molecule has 0 amide bonds. The van der Waals surface area contributed by atoms with Gasteiger partial charge in [0, 0.05) is 12.6 Å². The summed E-state index contributed by atoms with van der Waals surface area (Å²) in [5.74, 6) is 0.906. The summed E-state index contributed by atoms with van der Waals surface area (Å²) in [5, 5.41) is 1.07. The monoisotopic (exact) mass is 243 g/mol. The van der Waals surface area contributed by atoms with Gasteiger partial charge in [-0.25, -0.2) is 4.98 Å². The van der Waals surface area contributed by atoms with Crippen LogP contribution in [-0.4, -0.2) is 15.9 Å². The highest BCUT2D eigenvalue weighted by atomic mass is 35.5. The van der Waals surface area contributed by atoms with E-state index in [4.69, 9.17) is 28.9 Å². The molecule has 2 heterocycles. The van der Waals surface area contributed by atoms with Gasteiger partial charge in [-0.1, -0.05) is 23.2 Å². The van der Waals surface area contributed by atoms with Crippen LogP contribution in [0.4, 0.5) is 0 Å². The Hall–Kier alpha value is -0.770. The Labute approximate surface area is 97.8 Å². The molecule has 2 aromatic heterocycles. The van der Waals surface area contributed by atoms with Crippen molar-refractivity contribution in [2.75, 3.05) is 6.54 Å². The van der Waals surface area contributed by atoms with E-state index in [0.29, 0.717) is 16.7 Å². The van der Waals surface area contributed by atoms with Gasteiger partial charge in [-0.2, -0.15) is 0 Å². The number of nitrogens with zero attached hydrogens (tertiary/aromatic N) is 2. The normalized spacial score (nSPS) is 11.1. The van der Waals surface area contributed by atoms with Crippen molar-refractivity contribution in [1.82, 2.24) is 9.38 Å². The zero-order chi connectivity index (χ0) is 10.8. The fourth-order valence-electron chi connectivity index (χ4n) is 1.55. The number of aromatic nitrogens is 2. The van der Waals surface area contributed by atoms with E-state index in [2.05, 4.69) is 4.98 Å². The van der Waals surface area contributed by atoms with Crippen LogP contribution in [0.5, 0.6) is 0 Å². The van der Waals surface area contributed by atoms with Crippen LogP contribution in [0.1, 0.15) is 12.2 Å². The summed E-state index contributed by atoms with van der Waals surface area (Å²) in [6.07, 6.45) is 3.61. The van der Waals surface area contributed by atoms with Crippen LogP contribution in [0.2, 0.25) is 10.2 Å². The molecule has 0 atom stereocenters. The third-order valence-electron chi connectivity index (χ3n) is 2.25. The molecule has 0 spiro atoms. The third-order valence-corrected chi connectivity index (χ3v) is 2.82. The summed E-state index contributed by atoms with van der Waals surface area (Å²) in [4.78, 5) is 4.28. The van der Waals surface area contributed by atoms with Gasteiger partial charge >= 0.3 is 0 Å². The van der Waals surface area contributed by atoms with Gasteiger partial charge in [0.25, 0.3) is 0 Å². The topological polar surface area (TPSA) is 43.3 Å². The Balaban J connectivity index is 2.53. The van der Waals surface area contributed by atoms with Crippen LogP contribution in [0.15, 0.2) is 18.3 Å². The second-order valence-corrected chi connectivity index (χ2v) is 4.05. The van der Waals surface area contributed by atoms with E-state index in [0.717, 1.165) is 24.2 Å². The maximum atomic E-state index is 6.04. The standard InChI is InChI=1S/C10H11Cl2N3/c11-7-3-2-6-15-8(4-1-5-13)14-10(12)9(7)15/h2-3,6H,1,4-5,13H2. The number of pyridine rings is 1. The van der Waals surface area contributed by atoms with Crippen molar-refractivity contribution < 1.29 is 0 Å². The molecular formula is C10H11Cl2N3. The number of nitrogens with two attached hydrogens (primary N) is 1. The first-order chi connectivity index (χ1) is 7.24. The number of hydrogen-bond donors (Lipinski definition) is 1. The van der Waals surface area contributed by atoms with Gasteiger partial charge in [0.2, 0.25) is 0 Å². The Kier molecular flexibility index (Phi) is 3.14. The van der Waals surface area contributed by atoms with E-state index in [1.54, 1.807) is 6.07 Å². The highest BCUT2D eigenvalue weighted by Gasteiger charge is 2.11. The van der Waals surface area contributed by atoms with Gasteiger partial charge in [-0.15, -0.1) is 0 Å². The minimum absolute atomic E-state index is 0.452. The van der Waals surface area contributed by atoms with E-state index in [9.17, 15) is 0 Å². The van der Waals surface area contributed by atoms with E-state index in [1.165, 1.54) is 0 Å². The van der Waals surface area contributed by atoms with E-state index in [1.807, 2.05) is 16.7 Å². The lowest BCUT2D eigenvalue weighted by atomic mass is 10.3. The lowest BCUT2D eigenvalue weighted by Crippen LogP contribution is -2.03. The van der Waals surface area contributed by atoms with Gasteiger partial charge in [0.1, 0.15) is 11.3 Å². The fourth-order valence-corrected chi connectivity index (χ4v) is 2.14. The molecular weight excluding hydrogens is 233 g/mol. The average Bonchev–Trinajstić information content (AvgIpc) is 2.54.